The summed E-state index contributed by atoms with van der Waals surface area (Å²) >= 11 is 0. The summed E-state index contributed by atoms with van der Waals surface area (Å²) in [6, 6.07) is 5.97. The van der Waals surface area contributed by atoms with Crippen LogP contribution in [-0.4, -0.2) is 116 Å². The topological polar surface area (TPSA) is 157 Å². The molecule has 0 saturated carbocycles. The van der Waals surface area contributed by atoms with E-state index in [9.17, 15) is 10.2 Å². The Morgan fingerprint density at radius 3 is 1.00 bits per heavy atom. The lowest BCUT2D eigenvalue weighted by Crippen LogP contribution is -2.13. The summed E-state index contributed by atoms with van der Waals surface area (Å²) in [7, 11) is 0. The Balaban J connectivity index is 1.49. The molecule has 2 aliphatic rings. The summed E-state index contributed by atoms with van der Waals surface area (Å²) in [5.41, 5.74) is 0.581. The van der Waals surface area contributed by atoms with Gasteiger partial charge in [-0.25, -0.2) is 0 Å². The minimum absolute atomic E-state index is 0.159. The number of phenols is 2. The van der Waals surface area contributed by atoms with Crippen LogP contribution in [0.15, 0.2) is 34.5 Å². The van der Waals surface area contributed by atoms with Gasteiger partial charge in [-0.2, -0.15) is 10.2 Å². The van der Waals surface area contributed by atoms with Gasteiger partial charge in [0, 0.05) is 24.3 Å². The number of aromatic hydroxyl groups is 2. The van der Waals surface area contributed by atoms with E-state index < -0.39 is 0 Å². The molecule has 0 bridgehead atoms. The van der Waals surface area contributed by atoms with E-state index in [-0.39, 0.29) is 60.9 Å². The van der Waals surface area contributed by atoms with Gasteiger partial charge in [-0.05, 0) is 0 Å². The fourth-order valence-electron chi connectivity index (χ4n) is 3.79. The highest BCUT2D eigenvalue weighted by atomic mass is 16.6. The Hall–Kier alpha value is -3.40. The molecule has 2 aliphatic heterocycles. The number of hydrogen-bond acceptors (Lipinski definition) is 14. The van der Waals surface area contributed by atoms with E-state index in [0.29, 0.717) is 90.7 Å². The zero-order valence-corrected chi connectivity index (χ0v) is 23.5. The Labute approximate surface area is 243 Å². The van der Waals surface area contributed by atoms with E-state index in [1.807, 2.05) is 0 Å². The molecule has 2 aromatic rings. The monoisotopic (exact) mass is 594 g/mol. The molecule has 0 fully saturated rings. The van der Waals surface area contributed by atoms with Crippen LogP contribution in [0.5, 0.6) is 34.5 Å². The van der Waals surface area contributed by atoms with E-state index in [1.165, 1.54) is 12.1 Å². The van der Waals surface area contributed by atoms with Crippen molar-refractivity contribution >= 4 is 11.4 Å². The first-order valence-corrected chi connectivity index (χ1v) is 13.8. The quantitative estimate of drug-likeness (QED) is 0.490. The molecule has 42 heavy (non-hydrogen) atoms. The second-order valence-electron chi connectivity index (χ2n) is 8.85. The van der Waals surface area contributed by atoms with Crippen LogP contribution in [-0.2, 0) is 28.4 Å². The normalized spacial score (nSPS) is 19.1. The van der Waals surface area contributed by atoms with Crippen LogP contribution in [0.2, 0.25) is 0 Å². The predicted octanol–water partition coefficient (Wildman–Crippen LogP) is 3.16. The number of hydrogen-bond donors (Lipinski definition) is 2. The third-order valence-electron chi connectivity index (χ3n) is 5.73. The fourth-order valence-corrected chi connectivity index (χ4v) is 3.79. The van der Waals surface area contributed by atoms with Gasteiger partial charge in [-0.15, -0.1) is 0 Å². The van der Waals surface area contributed by atoms with Gasteiger partial charge < -0.3 is 57.6 Å². The summed E-state index contributed by atoms with van der Waals surface area (Å²) in [5.74, 6) is 0.499. The first-order valence-electron chi connectivity index (χ1n) is 13.8. The van der Waals surface area contributed by atoms with E-state index in [1.54, 1.807) is 12.1 Å². The van der Waals surface area contributed by atoms with Crippen LogP contribution in [0.1, 0.15) is 0 Å². The maximum Gasteiger partial charge on any atom is 0.203 e. The van der Waals surface area contributed by atoms with Crippen molar-refractivity contribution in [3.8, 4) is 34.5 Å². The molecule has 14 heteroatoms. The molecule has 0 spiro atoms. The lowest BCUT2D eigenvalue weighted by atomic mass is 10.2. The Kier molecular flexibility index (Phi) is 13.7. The molecule has 0 aliphatic carbocycles. The number of azo groups is 1. The first-order chi connectivity index (χ1) is 20.7. The van der Waals surface area contributed by atoms with Crippen LogP contribution in [0, 0.1) is 0 Å². The molecule has 0 saturated heterocycles. The summed E-state index contributed by atoms with van der Waals surface area (Å²) < 4.78 is 55.9. The van der Waals surface area contributed by atoms with Gasteiger partial charge in [-0.1, -0.05) is 0 Å². The van der Waals surface area contributed by atoms with Gasteiger partial charge in [0.2, 0.25) is 11.5 Å². The van der Waals surface area contributed by atoms with Crippen LogP contribution in [0.3, 0.4) is 0 Å². The average molecular weight is 595 g/mol. The van der Waals surface area contributed by atoms with Crippen molar-refractivity contribution in [1.82, 2.24) is 0 Å². The number of nitrogens with zero attached hydrogens (tertiary/aromatic N) is 2. The van der Waals surface area contributed by atoms with Gasteiger partial charge in [0.25, 0.3) is 0 Å². The SMILES string of the molecule is Oc1cc(N=Nc2cc(O)c3c(c2)OCCOCCOCCOCCO3)cc2c1OCCOCCOCCOCCO2. The average Bonchev–Trinajstić information content (AvgIpc) is 2.99. The Bertz CT molecular complexity index is 1030. The van der Waals surface area contributed by atoms with Crippen LogP contribution >= 0.6 is 0 Å². The zero-order valence-electron chi connectivity index (χ0n) is 23.5. The summed E-state index contributed by atoms with van der Waals surface area (Å²) in [4.78, 5) is 0. The van der Waals surface area contributed by atoms with Crippen LogP contribution in [0.25, 0.3) is 0 Å². The molecule has 2 N–H and O–H groups in total. The van der Waals surface area contributed by atoms with Gasteiger partial charge >= 0.3 is 0 Å². The number of rotatable bonds is 2. The minimum atomic E-state index is -0.179. The Morgan fingerprint density at radius 2 is 0.667 bits per heavy atom. The lowest BCUT2D eigenvalue weighted by Gasteiger charge is -2.15. The summed E-state index contributed by atoms with van der Waals surface area (Å²) in [5, 5.41) is 29.8. The standard InChI is InChI=1S/C28H38N2O12/c31-23-17-21(19-25-27(23)41-15-11-37-7-3-33-1-5-35-9-13-39-25)29-30-22-18-24(32)28-26(20-22)40-14-10-36-6-2-34-4-8-38-12-16-42-28/h17-20,31-32H,1-16H2. The molecule has 14 nitrogen and oxygen atoms in total. The summed E-state index contributed by atoms with van der Waals surface area (Å²) in [6.07, 6.45) is 0. The van der Waals surface area contributed by atoms with Crippen molar-refractivity contribution in [2.24, 2.45) is 10.2 Å². The molecular weight excluding hydrogens is 556 g/mol. The smallest absolute Gasteiger partial charge is 0.203 e. The number of ether oxygens (including phenoxy) is 10. The molecule has 2 aromatic carbocycles. The Morgan fingerprint density at radius 1 is 0.381 bits per heavy atom. The van der Waals surface area contributed by atoms with Crippen molar-refractivity contribution in [1.29, 1.82) is 0 Å². The highest BCUT2D eigenvalue weighted by Gasteiger charge is 2.16. The second kappa shape index (κ2) is 18.2. The molecule has 0 aromatic heterocycles. The molecule has 4 rings (SSSR count). The molecule has 2 heterocycles. The van der Waals surface area contributed by atoms with Crippen molar-refractivity contribution in [3.63, 3.8) is 0 Å². The molecule has 0 unspecified atom stereocenters. The second-order valence-corrected chi connectivity index (χ2v) is 8.85. The zero-order chi connectivity index (χ0) is 29.2. The first kappa shape index (κ1) is 31.5. The van der Waals surface area contributed by atoms with Gasteiger partial charge in [-0.3, -0.25) is 0 Å². The molecule has 232 valence electrons. The highest BCUT2D eigenvalue weighted by molar-refractivity contribution is 5.61. The van der Waals surface area contributed by atoms with Gasteiger partial charge in [0.05, 0.1) is 90.7 Å². The molecule has 0 radical (unpaired) electrons. The van der Waals surface area contributed by atoms with Crippen molar-refractivity contribution in [2.75, 3.05) is 106 Å². The van der Waals surface area contributed by atoms with E-state index in [0.717, 1.165) is 0 Å². The van der Waals surface area contributed by atoms with Crippen LogP contribution in [0.4, 0.5) is 11.4 Å². The molecule has 0 amide bonds. The van der Waals surface area contributed by atoms with Crippen molar-refractivity contribution < 1.29 is 57.6 Å². The lowest BCUT2D eigenvalue weighted by molar-refractivity contribution is 0.00704. The minimum Gasteiger partial charge on any atom is -0.504 e. The maximum absolute atomic E-state index is 10.7. The third kappa shape index (κ3) is 10.8. The number of benzene rings is 2. The molecule has 0 atom stereocenters. The summed E-state index contributed by atoms with van der Waals surface area (Å²) in [6.45, 7) is 5.56. The van der Waals surface area contributed by atoms with E-state index >= 15 is 0 Å². The number of fused-ring (bicyclic) bond motifs is 2. The van der Waals surface area contributed by atoms with E-state index in [2.05, 4.69) is 10.2 Å². The van der Waals surface area contributed by atoms with E-state index in [4.69, 9.17) is 47.4 Å². The molecular formula is C28H38N2O12. The number of phenolic OH excluding ortho intramolecular Hbond substituents is 2. The van der Waals surface area contributed by atoms with Crippen molar-refractivity contribution in [2.45, 2.75) is 0 Å². The van der Waals surface area contributed by atoms with Gasteiger partial charge in [0.15, 0.2) is 23.0 Å². The van der Waals surface area contributed by atoms with Crippen molar-refractivity contribution in [3.05, 3.63) is 24.3 Å². The largest absolute Gasteiger partial charge is 0.504 e. The van der Waals surface area contributed by atoms with Gasteiger partial charge in [0.1, 0.15) is 26.4 Å². The maximum atomic E-state index is 10.7. The highest BCUT2D eigenvalue weighted by Crippen LogP contribution is 2.43. The predicted molar refractivity (Wildman–Crippen MR) is 147 cm³/mol. The fraction of sp³-hybridized carbons (Fsp3) is 0.571. The third-order valence-corrected chi connectivity index (χ3v) is 5.73. The van der Waals surface area contributed by atoms with Crippen LogP contribution < -0.4 is 18.9 Å².